The van der Waals surface area contributed by atoms with Gasteiger partial charge in [-0.2, -0.15) is 0 Å². The van der Waals surface area contributed by atoms with E-state index in [0.717, 1.165) is 28.6 Å². The third kappa shape index (κ3) is 1.80. The highest BCUT2D eigenvalue weighted by atomic mass is 16.2. The summed E-state index contributed by atoms with van der Waals surface area (Å²) in [4.78, 5) is 17.7. The van der Waals surface area contributed by atoms with Crippen molar-refractivity contribution in [3.8, 4) is 0 Å². The molecule has 1 aliphatic heterocycles. The van der Waals surface area contributed by atoms with E-state index in [1.807, 2.05) is 48.7 Å². The lowest BCUT2D eigenvalue weighted by atomic mass is 10.1. The van der Waals surface area contributed by atoms with Crippen LogP contribution < -0.4 is 10.6 Å². The fraction of sp³-hybridized carbons (Fsp3) is 0.118. The van der Waals surface area contributed by atoms with Crippen molar-refractivity contribution in [1.82, 2.24) is 4.98 Å². The summed E-state index contributed by atoms with van der Waals surface area (Å²) < 4.78 is 0. The number of rotatable bonds is 1. The zero-order valence-corrected chi connectivity index (χ0v) is 11.5. The molecule has 0 saturated heterocycles. The molecule has 0 unspecified atom stereocenters. The summed E-state index contributed by atoms with van der Waals surface area (Å²) in [5.74, 6) is 0.00903. The van der Waals surface area contributed by atoms with Crippen LogP contribution in [-0.2, 0) is 6.42 Å². The summed E-state index contributed by atoms with van der Waals surface area (Å²) in [6, 6.07) is 13.5. The molecule has 4 nitrogen and oxygen atoms in total. The van der Waals surface area contributed by atoms with Crippen LogP contribution in [0, 0.1) is 0 Å². The number of nitrogens with zero attached hydrogens (tertiary/aromatic N) is 1. The highest BCUT2D eigenvalue weighted by Crippen LogP contribution is 2.34. The first-order valence-corrected chi connectivity index (χ1v) is 7.00. The molecule has 3 N–H and O–H groups in total. The van der Waals surface area contributed by atoms with Crippen LogP contribution in [0.15, 0.2) is 48.7 Å². The molecule has 1 aliphatic rings. The molecule has 0 radical (unpaired) electrons. The minimum Gasteiger partial charge on any atom is -0.397 e. The Morgan fingerprint density at radius 1 is 1.19 bits per heavy atom. The van der Waals surface area contributed by atoms with Gasteiger partial charge in [-0.05, 0) is 42.3 Å². The number of nitrogen functional groups attached to an aromatic ring is 1. The second-order valence-corrected chi connectivity index (χ2v) is 5.34. The lowest BCUT2D eigenvalue weighted by molar-refractivity contribution is 0.0989. The summed E-state index contributed by atoms with van der Waals surface area (Å²) >= 11 is 0. The largest absolute Gasteiger partial charge is 0.397 e. The summed E-state index contributed by atoms with van der Waals surface area (Å²) in [5, 5.41) is 1.04. The Morgan fingerprint density at radius 3 is 3.00 bits per heavy atom. The molecule has 104 valence electrons. The van der Waals surface area contributed by atoms with Gasteiger partial charge in [0.1, 0.15) is 0 Å². The smallest absolute Gasteiger partial charge is 0.258 e. The van der Waals surface area contributed by atoms with E-state index in [1.54, 1.807) is 4.90 Å². The monoisotopic (exact) mass is 277 g/mol. The van der Waals surface area contributed by atoms with Gasteiger partial charge in [-0.25, -0.2) is 0 Å². The summed E-state index contributed by atoms with van der Waals surface area (Å²) in [6.45, 7) is 0.688. The van der Waals surface area contributed by atoms with Gasteiger partial charge in [-0.15, -0.1) is 0 Å². The van der Waals surface area contributed by atoms with Crippen LogP contribution in [0.5, 0.6) is 0 Å². The number of nitrogens with one attached hydrogen (secondary N) is 1. The van der Waals surface area contributed by atoms with Crippen molar-refractivity contribution in [3.63, 3.8) is 0 Å². The lowest BCUT2D eigenvalue weighted by Gasteiger charge is -2.19. The van der Waals surface area contributed by atoms with Crippen molar-refractivity contribution in [2.24, 2.45) is 0 Å². The number of nitrogens with two attached hydrogens (primary N) is 1. The maximum Gasteiger partial charge on any atom is 0.258 e. The van der Waals surface area contributed by atoms with E-state index >= 15 is 0 Å². The zero-order valence-electron chi connectivity index (χ0n) is 11.5. The summed E-state index contributed by atoms with van der Waals surface area (Å²) in [7, 11) is 0. The fourth-order valence-electron chi connectivity index (χ4n) is 3.03. The lowest BCUT2D eigenvalue weighted by Crippen LogP contribution is -2.29. The first-order valence-electron chi connectivity index (χ1n) is 7.00. The van der Waals surface area contributed by atoms with Gasteiger partial charge in [0.05, 0.1) is 11.4 Å². The van der Waals surface area contributed by atoms with Gasteiger partial charge in [-0.3, -0.25) is 4.79 Å². The maximum absolute atomic E-state index is 12.8. The number of amides is 1. The average molecular weight is 277 g/mol. The molecule has 3 aromatic rings. The first-order chi connectivity index (χ1) is 10.2. The molecule has 0 fully saturated rings. The molecule has 0 atom stereocenters. The Bertz CT molecular complexity index is 850. The molecule has 0 saturated carbocycles. The second kappa shape index (κ2) is 4.38. The number of carbonyl (C=O) groups is 1. The Labute approximate surface area is 122 Å². The number of aromatic amines is 1. The zero-order chi connectivity index (χ0) is 14.4. The molecule has 0 spiro atoms. The molecule has 1 aromatic heterocycles. The number of carbonyl (C=O) groups excluding carboxylic acids is 1. The maximum atomic E-state index is 12.8. The van der Waals surface area contributed by atoms with Gasteiger partial charge >= 0.3 is 0 Å². The van der Waals surface area contributed by atoms with Crippen molar-refractivity contribution in [1.29, 1.82) is 0 Å². The molecule has 0 bridgehead atoms. The number of para-hydroxylation sites is 1. The Morgan fingerprint density at radius 2 is 2.10 bits per heavy atom. The van der Waals surface area contributed by atoms with Crippen LogP contribution in [0.4, 0.5) is 11.4 Å². The van der Waals surface area contributed by atoms with Gasteiger partial charge < -0.3 is 15.6 Å². The van der Waals surface area contributed by atoms with E-state index in [4.69, 9.17) is 5.73 Å². The van der Waals surface area contributed by atoms with Gasteiger partial charge in [0, 0.05) is 29.2 Å². The van der Waals surface area contributed by atoms with Crippen LogP contribution in [0.1, 0.15) is 15.9 Å². The van der Waals surface area contributed by atoms with Crippen molar-refractivity contribution in [3.05, 3.63) is 59.8 Å². The first kappa shape index (κ1) is 12.0. The van der Waals surface area contributed by atoms with Crippen LogP contribution >= 0.6 is 0 Å². The normalized spacial score (nSPS) is 13.6. The number of aromatic nitrogens is 1. The molecule has 21 heavy (non-hydrogen) atoms. The van der Waals surface area contributed by atoms with Crippen LogP contribution in [-0.4, -0.2) is 17.4 Å². The quantitative estimate of drug-likeness (QED) is 0.672. The minimum absolute atomic E-state index is 0.00903. The Kier molecular flexibility index (Phi) is 2.51. The molecule has 0 aliphatic carbocycles. The van der Waals surface area contributed by atoms with E-state index < -0.39 is 0 Å². The molecule has 2 aromatic carbocycles. The van der Waals surface area contributed by atoms with Crippen LogP contribution in [0.3, 0.4) is 0 Å². The van der Waals surface area contributed by atoms with E-state index in [1.165, 1.54) is 0 Å². The second-order valence-electron chi connectivity index (χ2n) is 5.34. The molecule has 4 heteroatoms. The van der Waals surface area contributed by atoms with Gasteiger partial charge in [-0.1, -0.05) is 12.1 Å². The predicted molar refractivity (Wildman–Crippen MR) is 84.5 cm³/mol. The molecule has 1 amide bonds. The summed E-state index contributed by atoms with van der Waals surface area (Å²) in [6.07, 6.45) is 2.74. The molecular weight excluding hydrogens is 262 g/mol. The Balaban J connectivity index is 1.76. The van der Waals surface area contributed by atoms with Crippen molar-refractivity contribution < 1.29 is 4.79 Å². The van der Waals surface area contributed by atoms with E-state index in [0.29, 0.717) is 17.8 Å². The third-order valence-corrected chi connectivity index (χ3v) is 4.07. The van der Waals surface area contributed by atoms with E-state index in [9.17, 15) is 4.79 Å². The van der Waals surface area contributed by atoms with E-state index in [2.05, 4.69) is 4.98 Å². The average Bonchev–Trinajstić information content (AvgIpc) is 3.13. The van der Waals surface area contributed by atoms with E-state index in [-0.39, 0.29) is 5.91 Å². The predicted octanol–water partition coefficient (Wildman–Crippen LogP) is 2.95. The standard InChI is InChI=1S/C17H15N3O/c18-14-3-1-2-11-7-9-20(16(11)14)17(21)13-4-5-15-12(10-13)6-8-19-15/h1-6,8,10,19H,7,9,18H2. The van der Waals surface area contributed by atoms with Crippen molar-refractivity contribution in [2.75, 3.05) is 17.2 Å². The SMILES string of the molecule is Nc1cccc2c1N(C(=O)c1ccc3[nH]ccc3c1)CC2. The Hall–Kier alpha value is -2.75. The highest BCUT2D eigenvalue weighted by molar-refractivity contribution is 6.10. The van der Waals surface area contributed by atoms with Gasteiger partial charge in [0.25, 0.3) is 5.91 Å². The number of hydrogen-bond donors (Lipinski definition) is 2. The summed E-state index contributed by atoms with van der Waals surface area (Å²) in [5.41, 5.74) is 10.5. The number of anilines is 2. The molecular formula is C17H15N3O. The number of hydrogen-bond acceptors (Lipinski definition) is 2. The van der Waals surface area contributed by atoms with Gasteiger partial charge in [0.2, 0.25) is 0 Å². The number of fused-ring (bicyclic) bond motifs is 2. The minimum atomic E-state index is 0.00903. The van der Waals surface area contributed by atoms with Crippen molar-refractivity contribution in [2.45, 2.75) is 6.42 Å². The van der Waals surface area contributed by atoms with Crippen molar-refractivity contribution >= 4 is 28.2 Å². The third-order valence-electron chi connectivity index (χ3n) is 4.07. The molecule has 2 heterocycles. The topological polar surface area (TPSA) is 62.1 Å². The highest BCUT2D eigenvalue weighted by Gasteiger charge is 2.27. The molecule has 4 rings (SSSR count). The number of benzene rings is 2. The van der Waals surface area contributed by atoms with Crippen LogP contribution in [0.2, 0.25) is 0 Å². The van der Waals surface area contributed by atoms with Gasteiger partial charge in [0.15, 0.2) is 0 Å². The number of H-pyrrole nitrogens is 1. The fourth-order valence-corrected chi connectivity index (χ4v) is 3.03. The van der Waals surface area contributed by atoms with Crippen LogP contribution in [0.25, 0.3) is 10.9 Å².